The molecule has 2 heterocycles. The second-order valence-corrected chi connectivity index (χ2v) is 8.36. The predicted molar refractivity (Wildman–Crippen MR) is 116 cm³/mol. The van der Waals surface area contributed by atoms with Gasteiger partial charge in [-0.15, -0.1) is 0 Å². The molecule has 1 aromatic heterocycles. The fourth-order valence-corrected chi connectivity index (χ4v) is 3.82. The number of nitrogens with one attached hydrogen (secondary N) is 1. The average Bonchev–Trinajstić information content (AvgIpc) is 3.19. The molecule has 7 heteroatoms. The Morgan fingerprint density at radius 1 is 1.23 bits per heavy atom. The van der Waals surface area contributed by atoms with Gasteiger partial charge >= 0.3 is 0 Å². The number of anilines is 1. The van der Waals surface area contributed by atoms with Gasteiger partial charge in [-0.05, 0) is 48.7 Å². The molecule has 1 unspecified atom stereocenters. The first kappa shape index (κ1) is 21.0. The summed E-state index contributed by atoms with van der Waals surface area (Å²) in [4.78, 5) is 31.7. The summed E-state index contributed by atoms with van der Waals surface area (Å²) < 4.78 is 18.8. The van der Waals surface area contributed by atoms with E-state index in [0.717, 1.165) is 18.4 Å². The molecule has 4 rings (SSSR count). The van der Waals surface area contributed by atoms with Crippen molar-refractivity contribution in [2.75, 3.05) is 18.4 Å². The Bertz CT molecular complexity index is 1090. The minimum absolute atomic E-state index is 0.0469. The third-order valence-electron chi connectivity index (χ3n) is 5.58. The first-order valence-electron chi connectivity index (χ1n) is 10.6. The molecule has 3 aromatic rings. The molecule has 1 aliphatic heterocycles. The van der Waals surface area contributed by atoms with E-state index in [-0.39, 0.29) is 35.9 Å². The highest BCUT2D eigenvalue weighted by Gasteiger charge is 2.28. The average molecular weight is 423 g/mol. The first-order valence-corrected chi connectivity index (χ1v) is 10.6. The summed E-state index contributed by atoms with van der Waals surface area (Å²) in [5.41, 5.74) is 2.83. The third-order valence-corrected chi connectivity index (χ3v) is 5.58. The van der Waals surface area contributed by atoms with Crippen LogP contribution in [0.15, 0.2) is 46.9 Å². The lowest BCUT2D eigenvalue weighted by atomic mass is 9.96. The van der Waals surface area contributed by atoms with E-state index in [9.17, 15) is 14.0 Å². The molecule has 1 fully saturated rings. The van der Waals surface area contributed by atoms with Gasteiger partial charge in [0, 0.05) is 24.7 Å². The van der Waals surface area contributed by atoms with Gasteiger partial charge in [0.05, 0.1) is 12.3 Å². The first-order chi connectivity index (χ1) is 14.9. The number of aromatic nitrogens is 1. The summed E-state index contributed by atoms with van der Waals surface area (Å²) in [7, 11) is 0. The van der Waals surface area contributed by atoms with Crippen LogP contribution in [0.3, 0.4) is 0 Å². The number of amides is 2. The molecule has 1 N–H and O–H groups in total. The maximum absolute atomic E-state index is 13.1. The fraction of sp³-hybridized carbons (Fsp3) is 0.375. The van der Waals surface area contributed by atoms with Crippen molar-refractivity contribution in [3.8, 4) is 0 Å². The molecule has 0 spiro atoms. The van der Waals surface area contributed by atoms with E-state index in [0.29, 0.717) is 35.8 Å². The second kappa shape index (κ2) is 8.88. The number of benzene rings is 2. The minimum atomic E-state index is -0.324. The van der Waals surface area contributed by atoms with Crippen LogP contribution < -0.4 is 5.32 Å². The monoisotopic (exact) mass is 423 g/mol. The molecule has 0 saturated carbocycles. The molecule has 6 nitrogen and oxygen atoms in total. The highest BCUT2D eigenvalue weighted by Crippen LogP contribution is 2.25. The summed E-state index contributed by atoms with van der Waals surface area (Å²) >= 11 is 0. The molecule has 2 aromatic carbocycles. The minimum Gasteiger partial charge on any atom is -0.440 e. The van der Waals surface area contributed by atoms with Crippen LogP contribution in [-0.2, 0) is 16.0 Å². The normalized spacial score (nSPS) is 16.6. The lowest BCUT2D eigenvalue weighted by molar-refractivity contribution is -0.133. The van der Waals surface area contributed by atoms with Crippen molar-refractivity contribution in [2.45, 2.75) is 39.0 Å². The van der Waals surface area contributed by atoms with Crippen LogP contribution in [-0.4, -0.2) is 34.8 Å². The van der Waals surface area contributed by atoms with E-state index in [1.807, 2.05) is 26.0 Å². The van der Waals surface area contributed by atoms with Gasteiger partial charge in [0.25, 0.3) is 0 Å². The summed E-state index contributed by atoms with van der Waals surface area (Å²) in [6, 6.07) is 11.4. The Hall–Kier alpha value is -3.22. The van der Waals surface area contributed by atoms with Gasteiger partial charge in [-0.3, -0.25) is 9.59 Å². The maximum Gasteiger partial charge on any atom is 0.229 e. The number of likely N-dealkylation sites (tertiary alicyclic amines) is 1. The van der Waals surface area contributed by atoms with E-state index in [2.05, 4.69) is 10.3 Å². The lowest BCUT2D eigenvalue weighted by Gasteiger charge is -2.32. The van der Waals surface area contributed by atoms with Gasteiger partial charge in [-0.2, -0.15) is 0 Å². The molecule has 2 amide bonds. The zero-order valence-corrected chi connectivity index (χ0v) is 17.7. The Labute approximate surface area is 180 Å². The SMILES string of the molecule is CC(C)c1nc2cc(NC(=O)C3CCCN(C(=O)Cc4ccc(F)cc4)C3)ccc2o1. The summed E-state index contributed by atoms with van der Waals surface area (Å²) in [6.45, 7) is 5.04. The second-order valence-electron chi connectivity index (χ2n) is 8.36. The predicted octanol–water partition coefficient (Wildman–Crippen LogP) is 4.51. The van der Waals surface area contributed by atoms with Crippen LogP contribution in [0.4, 0.5) is 10.1 Å². The number of halogens is 1. The van der Waals surface area contributed by atoms with Crippen molar-refractivity contribution >= 4 is 28.6 Å². The standard InChI is InChI=1S/C24H26FN3O3/c1-15(2)24-27-20-13-19(9-10-21(20)31-24)26-23(30)17-4-3-11-28(14-17)22(29)12-16-5-7-18(25)8-6-16/h5-10,13,15,17H,3-4,11-12,14H2,1-2H3,(H,26,30). The molecular weight excluding hydrogens is 397 g/mol. The van der Waals surface area contributed by atoms with Crippen molar-refractivity contribution < 1.29 is 18.4 Å². The zero-order valence-electron chi connectivity index (χ0n) is 17.7. The van der Waals surface area contributed by atoms with E-state index in [1.165, 1.54) is 12.1 Å². The number of piperidine rings is 1. The number of hydrogen-bond donors (Lipinski definition) is 1. The Kier molecular flexibility index (Phi) is 6.02. The largest absolute Gasteiger partial charge is 0.440 e. The van der Waals surface area contributed by atoms with Crippen LogP contribution in [0, 0.1) is 11.7 Å². The van der Waals surface area contributed by atoms with Gasteiger partial charge in [0.2, 0.25) is 11.8 Å². The number of nitrogens with zero attached hydrogens (tertiary/aromatic N) is 2. The number of carbonyl (C=O) groups is 2. The molecule has 1 saturated heterocycles. The van der Waals surface area contributed by atoms with Gasteiger partial charge in [0.1, 0.15) is 11.3 Å². The van der Waals surface area contributed by atoms with Crippen LogP contribution in [0.2, 0.25) is 0 Å². The van der Waals surface area contributed by atoms with Crippen LogP contribution in [0.25, 0.3) is 11.1 Å². The van der Waals surface area contributed by atoms with E-state index in [4.69, 9.17) is 4.42 Å². The Balaban J connectivity index is 1.38. The van der Waals surface area contributed by atoms with Crippen LogP contribution >= 0.6 is 0 Å². The van der Waals surface area contributed by atoms with Crippen molar-refractivity contribution in [1.82, 2.24) is 9.88 Å². The zero-order chi connectivity index (χ0) is 22.0. The number of carbonyl (C=O) groups excluding carboxylic acids is 2. The molecule has 0 aliphatic carbocycles. The van der Waals surface area contributed by atoms with Gasteiger partial charge in [0.15, 0.2) is 11.5 Å². The van der Waals surface area contributed by atoms with Crippen molar-refractivity contribution in [3.05, 3.63) is 59.7 Å². The van der Waals surface area contributed by atoms with Crippen molar-refractivity contribution in [3.63, 3.8) is 0 Å². The van der Waals surface area contributed by atoms with Crippen LogP contribution in [0.1, 0.15) is 44.1 Å². The van der Waals surface area contributed by atoms with Crippen molar-refractivity contribution in [2.24, 2.45) is 5.92 Å². The molecule has 0 radical (unpaired) electrons. The topological polar surface area (TPSA) is 75.4 Å². The molecule has 162 valence electrons. The maximum atomic E-state index is 13.1. The number of oxazole rings is 1. The van der Waals surface area contributed by atoms with E-state index >= 15 is 0 Å². The summed E-state index contributed by atoms with van der Waals surface area (Å²) in [5, 5.41) is 2.96. The molecule has 31 heavy (non-hydrogen) atoms. The highest BCUT2D eigenvalue weighted by atomic mass is 19.1. The number of rotatable bonds is 5. The number of fused-ring (bicyclic) bond motifs is 1. The molecular formula is C24H26FN3O3. The van der Waals surface area contributed by atoms with Crippen molar-refractivity contribution in [1.29, 1.82) is 0 Å². The van der Waals surface area contributed by atoms with Crippen LogP contribution in [0.5, 0.6) is 0 Å². The lowest BCUT2D eigenvalue weighted by Crippen LogP contribution is -2.44. The summed E-state index contributed by atoms with van der Waals surface area (Å²) in [5.74, 6) is 0.105. The van der Waals surface area contributed by atoms with Gasteiger partial charge < -0.3 is 14.6 Å². The van der Waals surface area contributed by atoms with E-state index in [1.54, 1.807) is 23.1 Å². The third kappa shape index (κ3) is 4.93. The van der Waals surface area contributed by atoms with Gasteiger partial charge in [-0.1, -0.05) is 26.0 Å². The number of hydrogen-bond acceptors (Lipinski definition) is 4. The molecule has 1 atom stereocenters. The molecule has 0 bridgehead atoms. The molecule has 1 aliphatic rings. The Morgan fingerprint density at radius 2 is 2.00 bits per heavy atom. The fourth-order valence-electron chi connectivity index (χ4n) is 3.82. The van der Waals surface area contributed by atoms with E-state index < -0.39 is 0 Å². The quantitative estimate of drug-likeness (QED) is 0.655. The Morgan fingerprint density at radius 3 is 2.74 bits per heavy atom. The van der Waals surface area contributed by atoms with Gasteiger partial charge in [-0.25, -0.2) is 9.37 Å². The highest BCUT2D eigenvalue weighted by molar-refractivity contribution is 5.95. The summed E-state index contributed by atoms with van der Waals surface area (Å²) in [6.07, 6.45) is 1.71. The smallest absolute Gasteiger partial charge is 0.229 e.